The van der Waals surface area contributed by atoms with Gasteiger partial charge in [0.2, 0.25) is 0 Å². The van der Waals surface area contributed by atoms with Crippen molar-refractivity contribution in [2.24, 2.45) is 0 Å². The maximum atomic E-state index is 13.5. The highest BCUT2D eigenvalue weighted by molar-refractivity contribution is 5.93. The molecule has 0 spiro atoms. The van der Waals surface area contributed by atoms with Crippen molar-refractivity contribution >= 4 is 5.91 Å². The summed E-state index contributed by atoms with van der Waals surface area (Å²) in [6.45, 7) is 9.49. The van der Waals surface area contributed by atoms with Gasteiger partial charge in [0.25, 0.3) is 5.91 Å². The molecule has 0 aliphatic carbocycles. The van der Waals surface area contributed by atoms with Gasteiger partial charge >= 0.3 is 0 Å². The first-order valence-corrected chi connectivity index (χ1v) is 11.1. The van der Waals surface area contributed by atoms with Crippen LogP contribution < -0.4 is 0 Å². The fourth-order valence-electron chi connectivity index (χ4n) is 3.95. The predicted octanol–water partition coefficient (Wildman–Crippen LogP) is 2.64. The summed E-state index contributed by atoms with van der Waals surface area (Å²) in [5.74, 6) is -0.0970. The molecular weight excluding hydrogens is 404 g/mol. The summed E-state index contributed by atoms with van der Waals surface area (Å²) in [4.78, 5) is 21.9. The van der Waals surface area contributed by atoms with Gasteiger partial charge in [0, 0.05) is 45.1 Å². The van der Waals surface area contributed by atoms with Crippen LogP contribution >= 0.6 is 0 Å². The molecule has 8 heteroatoms. The van der Waals surface area contributed by atoms with Crippen LogP contribution in [0.2, 0.25) is 0 Å². The maximum absolute atomic E-state index is 13.5. The Morgan fingerprint density at radius 3 is 2.66 bits per heavy atom. The standard InChI is InChI=1S/C24H30N6O2/c1-19-5-3-6-22(17-19)30-20(2)23(26-27-30)24(31)29(18-21-7-9-25-10-8-21)12-4-11-28-13-15-32-16-14-28/h3,5-10,17H,4,11-16,18H2,1-2H3. The summed E-state index contributed by atoms with van der Waals surface area (Å²) >= 11 is 0. The van der Waals surface area contributed by atoms with E-state index >= 15 is 0 Å². The molecule has 2 aromatic heterocycles. The topological polar surface area (TPSA) is 76.4 Å². The average molecular weight is 435 g/mol. The van der Waals surface area contributed by atoms with Crippen molar-refractivity contribution in [1.82, 2.24) is 29.8 Å². The van der Waals surface area contributed by atoms with Crippen LogP contribution in [0.3, 0.4) is 0 Å². The molecule has 1 saturated heterocycles. The fraction of sp³-hybridized carbons (Fsp3) is 0.417. The molecule has 32 heavy (non-hydrogen) atoms. The summed E-state index contributed by atoms with van der Waals surface area (Å²) in [6, 6.07) is 11.9. The lowest BCUT2D eigenvalue weighted by molar-refractivity contribution is 0.0355. The lowest BCUT2D eigenvalue weighted by Gasteiger charge is -2.28. The minimum absolute atomic E-state index is 0.0970. The Morgan fingerprint density at radius 1 is 1.12 bits per heavy atom. The fourth-order valence-corrected chi connectivity index (χ4v) is 3.95. The SMILES string of the molecule is Cc1cccc(-n2nnc(C(=O)N(CCCN3CCOCC3)Cc3ccncc3)c2C)c1. The van der Waals surface area contributed by atoms with Gasteiger partial charge in [0.15, 0.2) is 5.69 Å². The number of carbonyl (C=O) groups excluding carboxylic acids is 1. The second-order valence-corrected chi connectivity index (χ2v) is 8.16. The molecule has 8 nitrogen and oxygen atoms in total. The van der Waals surface area contributed by atoms with Gasteiger partial charge in [-0.1, -0.05) is 17.3 Å². The molecule has 0 atom stereocenters. The lowest BCUT2D eigenvalue weighted by Crippen LogP contribution is -2.39. The number of hydrogen-bond acceptors (Lipinski definition) is 6. The van der Waals surface area contributed by atoms with E-state index in [4.69, 9.17) is 4.74 Å². The Labute approximate surface area is 188 Å². The number of amides is 1. The van der Waals surface area contributed by atoms with E-state index in [-0.39, 0.29) is 5.91 Å². The normalized spacial score (nSPS) is 14.4. The zero-order chi connectivity index (χ0) is 22.3. The third kappa shape index (κ3) is 5.38. The molecule has 0 saturated carbocycles. The number of rotatable bonds is 8. The van der Waals surface area contributed by atoms with Gasteiger partial charge in [0.05, 0.1) is 24.6 Å². The smallest absolute Gasteiger partial charge is 0.276 e. The van der Waals surface area contributed by atoms with Crippen LogP contribution in [-0.4, -0.2) is 75.1 Å². The monoisotopic (exact) mass is 434 g/mol. The molecule has 0 bridgehead atoms. The Balaban J connectivity index is 1.51. The van der Waals surface area contributed by atoms with E-state index in [0.717, 1.165) is 61.8 Å². The van der Waals surface area contributed by atoms with Crippen LogP contribution in [0.25, 0.3) is 5.69 Å². The molecule has 0 unspecified atom stereocenters. The first-order chi connectivity index (χ1) is 15.6. The molecule has 1 aliphatic heterocycles. The number of morpholine rings is 1. The van der Waals surface area contributed by atoms with Crippen LogP contribution in [0.1, 0.15) is 33.7 Å². The molecule has 1 aromatic carbocycles. The molecule has 3 aromatic rings. The number of carbonyl (C=O) groups is 1. The van der Waals surface area contributed by atoms with Gasteiger partial charge in [-0.25, -0.2) is 4.68 Å². The Bertz CT molecular complexity index is 1030. The van der Waals surface area contributed by atoms with Crippen molar-refractivity contribution in [1.29, 1.82) is 0 Å². The molecule has 3 heterocycles. The highest BCUT2D eigenvalue weighted by Crippen LogP contribution is 2.17. The van der Waals surface area contributed by atoms with Crippen molar-refractivity contribution in [3.05, 3.63) is 71.3 Å². The summed E-state index contributed by atoms with van der Waals surface area (Å²) < 4.78 is 7.17. The quantitative estimate of drug-likeness (QED) is 0.543. The van der Waals surface area contributed by atoms with E-state index in [0.29, 0.717) is 18.8 Å². The van der Waals surface area contributed by atoms with E-state index < -0.39 is 0 Å². The number of ether oxygens (including phenoxy) is 1. The number of nitrogens with zero attached hydrogens (tertiary/aromatic N) is 6. The predicted molar refractivity (Wildman–Crippen MR) is 122 cm³/mol. The zero-order valence-corrected chi connectivity index (χ0v) is 18.8. The van der Waals surface area contributed by atoms with E-state index in [1.807, 2.05) is 55.1 Å². The minimum atomic E-state index is -0.0970. The van der Waals surface area contributed by atoms with Gasteiger partial charge in [-0.2, -0.15) is 0 Å². The second kappa shape index (κ2) is 10.5. The van der Waals surface area contributed by atoms with Gasteiger partial charge in [-0.15, -0.1) is 5.10 Å². The van der Waals surface area contributed by atoms with E-state index in [2.05, 4.69) is 20.2 Å². The van der Waals surface area contributed by atoms with Gasteiger partial charge in [-0.3, -0.25) is 14.7 Å². The van der Waals surface area contributed by atoms with Crippen molar-refractivity contribution in [2.45, 2.75) is 26.8 Å². The van der Waals surface area contributed by atoms with Crippen molar-refractivity contribution in [3.8, 4) is 5.69 Å². The first kappa shape index (κ1) is 22.1. The van der Waals surface area contributed by atoms with Gasteiger partial charge < -0.3 is 9.64 Å². The number of benzene rings is 1. The van der Waals surface area contributed by atoms with E-state index in [1.54, 1.807) is 17.1 Å². The summed E-state index contributed by atoms with van der Waals surface area (Å²) in [7, 11) is 0. The largest absolute Gasteiger partial charge is 0.379 e. The molecule has 1 amide bonds. The minimum Gasteiger partial charge on any atom is -0.379 e. The van der Waals surface area contributed by atoms with Crippen LogP contribution in [0.15, 0.2) is 48.8 Å². The summed E-state index contributed by atoms with van der Waals surface area (Å²) in [5.41, 5.74) is 4.22. The van der Waals surface area contributed by atoms with Crippen molar-refractivity contribution < 1.29 is 9.53 Å². The molecule has 0 N–H and O–H groups in total. The van der Waals surface area contributed by atoms with Gasteiger partial charge in [-0.05, 0) is 55.7 Å². The average Bonchev–Trinajstić information content (AvgIpc) is 3.20. The van der Waals surface area contributed by atoms with Crippen molar-refractivity contribution in [2.75, 3.05) is 39.4 Å². The summed E-state index contributed by atoms with van der Waals surface area (Å²) in [5, 5.41) is 8.54. The van der Waals surface area contributed by atoms with E-state index in [9.17, 15) is 4.79 Å². The Kier molecular flexibility index (Phi) is 7.24. The number of aryl methyl sites for hydroxylation is 1. The molecule has 4 rings (SSSR count). The molecule has 0 radical (unpaired) electrons. The Hall–Kier alpha value is -3.10. The Morgan fingerprint density at radius 2 is 1.91 bits per heavy atom. The third-order valence-corrected chi connectivity index (χ3v) is 5.76. The van der Waals surface area contributed by atoms with Crippen LogP contribution in [0.4, 0.5) is 0 Å². The lowest BCUT2D eigenvalue weighted by atomic mass is 10.2. The molecule has 1 aliphatic rings. The third-order valence-electron chi connectivity index (χ3n) is 5.76. The highest BCUT2D eigenvalue weighted by atomic mass is 16.5. The zero-order valence-electron chi connectivity index (χ0n) is 18.8. The first-order valence-electron chi connectivity index (χ1n) is 11.1. The maximum Gasteiger partial charge on any atom is 0.276 e. The number of pyridine rings is 1. The van der Waals surface area contributed by atoms with Crippen LogP contribution in [-0.2, 0) is 11.3 Å². The van der Waals surface area contributed by atoms with Crippen molar-refractivity contribution in [3.63, 3.8) is 0 Å². The second-order valence-electron chi connectivity index (χ2n) is 8.16. The van der Waals surface area contributed by atoms with Crippen LogP contribution in [0.5, 0.6) is 0 Å². The number of aromatic nitrogens is 4. The van der Waals surface area contributed by atoms with Crippen LogP contribution in [0, 0.1) is 13.8 Å². The number of hydrogen-bond donors (Lipinski definition) is 0. The summed E-state index contributed by atoms with van der Waals surface area (Å²) in [6.07, 6.45) is 4.40. The molecular formula is C24H30N6O2. The highest BCUT2D eigenvalue weighted by Gasteiger charge is 2.23. The molecule has 168 valence electrons. The van der Waals surface area contributed by atoms with Gasteiger partial charge in [0.1, 0.15) is 0 Å². The molecule has 1 fully saturated rings. The van der Waals surface area contributed by atoms with E-state index in [1.165, 1.54) is 0 Å².